The van der Waals surface area contributed by atoms with Gasteiger partial charge in [0.1, 0.15) is 0 Å². The normalized spacial score (nSPS) is 15.8. The van der Waals surface area contributed by atoms with Crippen LogP contribution in [0.5, 0.6) is 0 Å². The third-order valence-electron chi connectivity index (χ3n) is 4.79. The van der Waals surface area contributed by atoms with Gasteiger partial charge in [0, 0.05) is 57.1 Å². The van der Waals surface area contributed by atoms with E-state index in [0.717, 1.165) is 55.1 Å². The van der Waals surface area contributed by atoms with Crippen LogP contribution in [0.25, 0.3) is 0 Å². The molecule has 0 N–H and O–H groups in total. The van der Waals surface area contributed by atoms with Crippen LogP contribution < -0.4 is 0 Å². The van der Waals surface area contributed by atoms with Gasteiger partial charge in [0.15, 0.2) is 0 Å². The zero-order valence-corrected chi connectivity index (χ0v) is 15.0. The Morgan fingerprint density at radius 3 is 2.46 bits per heavy atom. The predicted molar refractivity (Wildman–Crippen MR) is 95.0 cm³/mol. The minimum absolute atomic E-state index is 0.161. The van der Waals surface area contributed by atoms with Crippen molar-refractivity contribution >= 4 is 5.91 Å². The van der Waals surface area contributed by atoms with Crippen LogP contribution in [0.1, 0.15) is 32.7 Å². The SMILES string of the molecule is Cc1ccc(C)c(C(=O)N2CCN(Cc3cn(C)nc3C)CC2)c1. The molecule has 5 nitrogen and oxygen atoms in total. The molecule has 0 aliphatic carbocycles. The number of piperazine rings is 1. The van der Waals surface area contributed by atoms with Gasteiger partial charge in [-0.25, -0.2) is 0 Å². The van der Waals surface area contributed by atoms with Crippen molar-refractivity contribution in [3.63, 3.8) is 0 Å². The van der Waals surface area contributed by atoms with Crippen LogP contribution in [0.3, 0.4) is 0 Å². The third-order valence-corrected chi connectivity index (χ3v) is 4.79. The summed E-state index contributed by atoms with van der Waals surface area (Å²) < 4.78 is 1.87. The molecule has 0 bridgehead atoms. The van der Waals surface area contributed by atoms with Gasteiger partial charge < -0.3 is 4.90 Å². The van der Waals surface area contributed by atoms with Gasteiger partial charge in [-0.05, 0) is 32.4 Å². The molecule has 1 aromatic heterocycles. The van der Waals surface area contributed by atoms with Crippen molar-refractivity contribution < 1.29 is 4.79 Å². The van der Waals surface area contributed by atoms with Crippen molar-refractivity contribution in [3.05, 3.63) is 52.3 Å². The minimum Gasteiger partial charge on any atom is -0.336 e. The van der Waals surface area contributed by atoms with Gasteiger partial charge in [0.05, 0.1) is 5.69 Å². The zero-order chi connectivity index (χ0) is 17.3. The van der Waals surface area contributed by atoms with Crippen molar-refractivity contribution in [1.82, 2.24) is 19.6 Å². The highest BCUT2D eigenvalue weighted by molar-refractivity contribution is 5.95. The second-order valence-corrected chi connectivity index (χ2v) is 6.80. The van der Waals surface area contributed by atoms with E-state index in [1.807, 2.05) is 42.6 Å². The molecule has 5 heteroatoms. The summed E-state index contributed by atoms with van der Waals surface area (Å²) in [5, 5.41) is 4.40. The Bertz CT molecular complexity index is 742. The molecule has 128 valence electrons. The van der Waals surface area contributed by atoms with Gasteiger partial charge in [0.2, 0.25) is 0 Å². The number of carbonyl (C=O) groups is 1. The molecule has 2 aromatic rings. The van der Waals surface area contributed by atoms with Crippen molar-refractivity contribution in [2.75, 3.05) is 26.2 Å². The van der Waals surface area contributed by atoms with Crippen LogP contribution in [0.2, 0.25) is 0 Å². The molecule has 0 saturated carbocycles. The van der Waals surface area contributed by atoms with Crippen molar-refractivity contribution in [2.24, 2.45) is 7.05 Å². The Morgan fingerprint density at radius 1 is 1.12 bits per heavy atom. The van der Waals surface area contributed by atoms with Crippen LogP contribution >= 0.6 is 0 Å². The van der Waals surface area contributed by atoms with Gasteiger partial charge in [-0.1, -0.05) is 17.7 Å². The van der Waals surface area contributed by atoms with Crippen LogP contribution in [0, 0.1) is 20.8 Å². The van der Waals surface area contributed by atoms with E-state index >= 15 is 0 Å². The van der Waals surface area contributed by atoms with Crippen molar-refractivity contribution in [3.8, 4) is 0 Å². The molecule has 0 spiro atoms. The first kappa shape index (κ1) is 16.7. The average molecular weight is 326 g/mol. The first-order valence-electron chi connectivity index (χ1n) is 8.52. The van der Waals surface area contributed by atoms with E-state index in [1.165, 1.54) is 5.56 Å². The van der Waals surface area contributed by atoms with E-state index in [1.54, 1.807) is 0 Å². The lowest BCUT2D eigenvalue weighted by atomic mass is 10.0. The molecule has 1 amide bonds. The molecule has 0 atom stereocenters. The molecule has 1 aliphatic heterocycles. The number of aryl methyl sites for hydroxylation is 4. The standard InChI is InChI=1S/C19H26N4O/c1-14-5-6-15(2)18(11-14)19(24)23-9-7-22(8-10-23)13-17-12-21(4)20-16(17)3/h5-6,11-12H,7-10,13H2,1-4H3. The highest BCUT2D eigenvalue weighted by atomic mass is 16.2. The number of rotatable bonds is 3. The maximum atomic E-state index is 12.8. The Morgan fingerprint density at radius 2 is 1.83 bits per heavy atom. The first-order valence-corrected chi connectivity index (χ1v) is 8.52. The number of aromatic nitrogens is 2. The maximum Gasteiger partial charge on any atom is 0.254 e. The molecule has 1 fully saturated rings. The van der Waals surface area contributed by atoms with Crippen LogP contribution in [-0.2, 0) is 13.6 Å². The summed E-state index contributed by atoms with van der Waals surface area (Å²) in [7, 11) is 1.96. The first-order chi connectivity index (χ1) is 11.4. The van der Waals surface area contributed by atoms with Crippen LogP contribution in [0.4, 0.5) is 0 Å². The van der Waals surface area contributed by atoms with Crippen LogP contribution in [0.15, 0.2) is 24.4 Å². The number of carbonyl (C=O) groups excluding carboxylic acids is 1. The number of hydrogen-bond acceptors (Lipinski definition) is 3. The number of hydrogen-bond donors (Lipinski definition) is 0. The fourth-order valence-electron chi connectivity index (χ4n) is 3.29. The molecule has 0 radical (unpaired) electrons. The Kier molecular flexibility index (Phi) is 4.71. The van der Waals surface area contributed by atoms with Crippen molar-refractivity contribution in [1.29, 1.82) is 0 Å². The summed E-state index contributed by atoms with van der Waals surface area (Å²) in [5.74, 6) is 0.161. The largest absolute Gasteiger partial charge is 0.336 e. The van der Waals surface area contributed by atoms with E-state index in [-0.39, 0.29) is 5.91 Å². The molecular weight excluding hydrogens is 300 g/mol. The molecule has 24 heavy (non-hydrogen) atoms. The second-order valence-electron chi connectivity index (χ2n) is 6.80. The second kappa shape index (κ2) is 6.77. The smallest absolute Gasteiger partial charge is 0.254 e. The predicted octanol–water partition coefficient (Wildman–Crippen LogP) is 2.30. The zero-order valence-electron chi connectivity index (χ0n) is 15.0. The van der Waals surface area contributed by atoms with E-state index in [9.17, 15) is 4.79 Å². The summed E-state index contributed by atoms with van der Waals surface area (Å²) in [6, 6.07) is 6.09. The topological polar surface area (TPSA) is 41.4 Å². The molecular formula is C19H26N4O. The Labute approximate surface area is 143 Å². The van der Waals surface area contributed by atoms with E-state index in [4.69, 9.17) is 0 Å². The van der Waals surface area contributed by atoms with Gasteiger partial charge in [-0.15, -0.1) is 0 Å². The monoisotopic (exact) mass is 326 g/mol. The lowest BCUT2D eigenvalue weighted by molar-refractivity contribution is 0.0627. The van der Waals surface area contributed by atoms with Gasteiger partial charge in [0.25, 0.3) is 5.91 Å². The number of amides is 1. The minimum atomic E-state index is 0.161. The van der Waals surface area contributed by atoms with E-state index in [0.29, 0.717) is 0 Å². The van der Waals surface area contributed by atoms with Crippen LogP contribution in [-0.4, -0.2) is 51.7 Å². The van der Waals surface area contributed by atoms with Gasteiger partial charge >= 0.3 is 0 Å². The third kappa shape index (κ3) is 3.51. The lowest BCUT2D eigenvalue weighted by Crippen LogP contribution is -2.48. The van der Waals surface area contributed by atoms with Gasteiger partial charge in [-0.3, -0.25) is 14.4 Å². The quantitative estimate of drug-likeness (QED) is 0.869. The van der Waals surface area contributed by atoms with E-state index < -0.39 is 0 Å². The molecule has 1 aromatic carbocycles. The molecule has 1 aliphatic rings. The molecule has 3 rings (SSSR count). The van der Waals surface area contributed by atoms with E-state index in [2.05, 4.69) is 29.2 Å². The molecule has 1 saturated heterocycles. The Hall–Kier alpha value is -2.14. The Balaban J connectivity index is 1.61. The van der Waals surface area contributed by atoms with Crippen molar-refractivity contribution in [2.45, 2.75) is 27.3 Å². The molecule has 2 heterocycles. The number of nitrogens with zero attached hydrogens (tertiary/aromatic N) is 4. The maximum absolute atomic E-state index is 12.8. The average Bonchev–Trinajstić information content (AvgIpc) is 2.87. The highest BCUT2D eigenvalue weighted by Gasteiger charge is 2.23. The molecule has 0 unspecified atom stereocenters. The fraction of sp³-hybridized carbons (Fsp3) is 0.474. The summed E-state index contributed by atoms with van der Waals surface area (Å²) in [5.41, 5.74) is 5.39. The fourth-order valence-corrected chi connectivity index (χ4v) is 3.29. The summed E-state index contributed by atoms with van der Waals surface area (Å²) in [4.78, 5) is 17.2. The summed E-state index contributed by atoms with van der Waals surface area (Å²) >= 11 is 0. The summed E-state index contributed by atoms with van der Waals surface area (Å²) in [6.45, 7) is 10.4. The van der Waals surface area contributed by atoms with Gasteiger partial charge in [-0.2, -0.15) is 5.10 Å². The number of benzene rings is 1. The lowest BCUT2D eigenvalue weighted by Gasteiger charge is -2.35. The highest BCUT2D eigenvalue weighted by Crippen LogP contribution is 2.16. The summed E-state index contributed by atoms with van der Waals surface area (Å²) in [6.07, 6.45) is 2.09.